The molecule has 1 aliphatic rings. The van der Waals surface area contributed by atoms with Crippen molar-refractivity contribution in [2.45, 2.75) is 18.8 Å². The topological polar surface area (TPSA) is 23.8 Å². The second-order valence-electron chi connectivity index (χ2n) is 3.17. The molecule has 1 fully saturated rings. The van der Waals surface area contributed by atoms with E-state index in [9.17, 15) is 0 Å². The lowest BCUT2D eigenvalue weighted by molar-refractivity contribution is 0.808. The second-order valence-corrected chi connectivity index (χ2v) is 4.11. The number of rotatable bonds is 1. The lowest BCUT2D eigenvalue weighted by Gasteiger charge is -2.00. The van der Waals surface area contributed by atoms with Crippen LogP contribution >= 0.6 is 11.3 Å². The summed E-state index contributed by atoms with van der Waals surface area (Å²) in [5.74, 6) is 0.561. The third-order valence-corrected chi connectivity index (χ3v) is 3.52. The van der Waals surface area contributed by atoms with Crippen molar-refractivity contribution in [1.29, 1.82) is 5.26 Å². The average Bonchev–Trinajstić information content (AvgIpc) is 2.55. The van der Waals surface area contributed by atoms with Crippen LogP contribution in [-0.4, -0.2) is 0 Å². The predicted octanol–water partition coefficient (Wildman–Crippen LogP) is 2.55. The highest BCUT2D eigenvalue weighted by molar-refractivity contribution is 7.10. The molecule has 0 bridgehead atoms. The van der Waals surface area contributed by atoms with Crippen LogP contribution in [0.4, 0.5) is 0 Å². The molecule has 1 aliphatic carbocycles. The first-order valence-corrected chi connectivity index (χ1v) is 4.63. The zero-order chi connectivity index (χ0) is 7.90. The summed E-state index contributed by atoms with van der Waals surface area (Å²) < 4.78 is 0. The fourth-order valence-electron chi connectivity index (χ4n) is 1.51. The van der Waals surface area contributed by atoms with Gasteiger partial charge in [0.2, 0.25) is 0 Å². The van der Waals surface area contributed by atoms with Crippen LogP contribution in [0.25, 0.3) is 0 Å². The Morgan fingerprint density at radius 3 is 2.91 bits per heavy atom. The first kappa shape index (κ1) is 6.87. The number of nitrogens with zero attached hydrogens (tertiary/aromatic N) is 1. The summed E-state index contributed by atoms with van der Waals surface area (Å²) in [6.45, 7) is 2.14. The average molecular weight is 163 g/mol. The van der Waals surface area contributed by atoms with E-state index >= 15 is 0 Å². The second kappa shape index (κ2) is 2.09. The Labute approximate surface area is 70.3 Å². The summed E-state index contributed by atoms with van der Waals surface area (Å²) in [7, 11) is 0. The van der Waals surface area contributed by atoms with Crippen molar-refractivity contribution in [3.8, 4) is 6.07 Å². The van der Waals surface area contributed by atoms with E-state index in [0.717, 1.165) is 6.42 Å². The van der Waals surface area contributed by atoms with Crippen molar-refractivity contribution in [1.82, 2.24) is 0 Å². The van der Waals surface area contributed by atoms with Gasteiger partial charge in [-0.2, -0.15) is 5.26 Å². The Morgan fingerprint density at radius 2 is 2.55 bits per heavy atom. The van der Waals surface area contributed by atoms with Crippen LogP contribution in [-0.2, 0) is 5.41 Å². The Hall–Kier alpha value is -0.810. The molecule has 56 valence electrons. The predicted molar refractivity (Wildman–Crippen MR) is 45.4 cm³/mol. The van der Waals surface area contributed by atoms with Crippen molar-refractivity contribution in [3.63, 3.8) is 0 Å². The summed E-state index contributed by atoms with van der Waals surface area (Å²) >= 11 is 1.70. The third-order valence-electron chi connectivity index (χ3n) is 2.47. The molecule has 2 atom stereocenters. The van der Waals surface area contributed by atoms with Gasteiger partial charge in [-0.15, -0.1) is 11.3 Å². The maximum atomic E-state index is 8.96. The van der Waals surface area contributed by atoms with E-state index in [4.69, 9.17) is 5.26 Å². The molecule has 0 aliphatic heterocycles. The van der Waals surface area contributed by atoms with Gasteiger partial charge in [0.25, 0.3) is 0 Å². The van der Waals surface area contributed by atoms with Crippen LogP contribution in [0.1, 0.15) is 18.2 Å². The number of thiophene rings is 1. The first-order chi connectivity index (χ1) is 5.29. The summed E-state index contributed by atoms with van der Waals surface area (Å²) in [6.07, 6.45) is 1.05. The highest BCUT2D eigenvalue weighted by Crippen LogP contribution is 2.54. The molecular weight excluding hydrogens is 154 g/mol. The van der Waals surface area contributed by atoms with Gasteiger partial charge in [0, 0.05) is 4.88 Å². The van der Waals surface area contributed by atoms with Gasteiger partial charge in [0.05, 0.1) is 11.5 Å². The molecule has 0 amide bonds. The molecule has 1 nitrogen and oxygen atoms in total. The Bertz CT molecular complexity index is 296. The molecule has 2 rings (SSSR count). The Kier molecular flexibility index (Phi) is 1.30. The van der Waals surface area contributed by atoms with Gasteiger partial charge in [-0.05, 0) is 23.8 Å². The molecule has 1 aromatic rings. The monoisotopic (exact) mass is 163 g/mol. The molecule has 0 N–H and O–H groups in total. The molecule has 1 aromatic heterocycles. The number of hydrogen-bond acceptors (Lipinski definition) is 2. The van der Waals surface area contributed by atoms with Crippen molar-refractivity contribution < 1.29 is 0 Å². The van der Waals surface area contributed by atoms with E-state index in [0.29, 0.717) is 5.92 Å². The maximum absolute atomic E-state index is 8.96. The smallest absolute Gasteiger partial charge is 0.0943 e. The molecular formula is C9H9NS. The SMILES string of the molecule is CC1CC1(C#N)c1cccs1. The van der Waals surface area contributed by atoms with Crippen LogP contribution in [0.3, 0.4) is 0 Å². The zero-order valence-electron chi connectivity index (χ0n) is 6.37. The fraction of sp³-hybridized carbons (Fsp3) is 0.444. The lowest BCUT2D eigenvalue weighted by atomic mass is 10.1. The Morgan fingerprint density at radius 1 is 1.82 bits per heavy atom. The highest BCUT2D eigenvalue weighted by Gasteiger charge is 2.53. The van der Waals surface area contributed by atoms with Crippen molar-refractivity contribution >= 4 is 11.3 Å². The largest absolute Gasteiger partial charge is 0.197 e. The third kappa shape index (κ3) is 0.812. The quantitative estimate of drug-likeness (QED) is 0.624. The summed E-state index contributed by atoms with van der Waals surface area (Å²) in [4.78, 5) is 1.24. The van der Waals surface area contributed by atoms with E-state index in [1.165, 1.54) is 4.88 Å². The molecule has 1 heterocycles. The van der Waals surface area contributed by atoms with Gasteiger partial charge in [0.15, 0.2) is 0 Å². The van der Waals surface area contributed by atoms with Crippen molar-refractivity contribution in [2.75, 3.05) is 0 Å². The van der Waals surface area contributed by atoms with Gasteiger partial charge in [-0.3, -0.25) is 0 Å². The minimum absolute atomic E-state index is 0.103. The van der Waals surface area contributed by atoms with E-state index in [-0.39, 0.29) is 5.41 Å². The molecule has 1 saturated carbocycles. The van der Waals surface area contributed by atoms with E-state index in [1.807, 2.05) is 11.4 Å². The summed E-state index contributed by atoms with van der Waals surface area (Å²) in [6, 6.07) is 6.50. The molecule has 11 heavy (non-hydrogen) atoms. The standard InChI is InChI=1S/C9H9NS/c1-7-5-9(7,6-10)8-3-2-4-11-8/h2-4,7H,5H2,1H3. The zero-order valence-corrected chi connectivity index (χ0v) is 7.19. The van der Waals surface area contributed by atoms with Crippen molar-refractivity contribution in [2.24, 2.45) is 5.92 Å². The van der Waals surface area contributed by atoms with Crippen LogP contribution in [0, 0.1) is 17.2 Å². The molecule has 0 saturated heterocycles. The van der Waals surface area contributed by atoms with Crippen molar-refractivity contribution in [3.05, 3.63) is 22.4 Å². The number of hydrogen-bond donors (Lipinski definition) is 0. The van der Waals surface area contributed by atoms with Gasteiger partial charge >= 0.3 is 0 Å². The molecule has 2 heteroatoms. The van der Waals surface area contributed by atoms with Gasteiger partial charge < -0.3 is 0 Å². The first-order valence-electron chi connectivity index (χ1n) is 3.75. The van der Waals surface area contributed by atoms with Gasteiger partial charge in [-0.1, -0.05) is 13.0 Å². The Balaban J connectivity index is 2.38. The molecule has 2 unspecified atom stereocenters. The summed E-state index contributed by atoms with van der Waals surface area (Å²) in [5.41, 5.74) is -0.103. The molecule has 0 spiro atoms. The minimum atomic E-state index is -0.103. The fourth-order valence-corrected chi connectivity index (χ4v) is 2.51. The van der Waals surface area contributed by atoms with Gasteiger partial charge in [-0.25, -0.2) is 0 Å². The lowest BCUT2D eigenvalue weighted by Crippen LogP contribution is -2.01. The van der Waals surface area contributed by atoms with E-state index < -0.39 is 0 Å². The summed E-state index contributed by atoms with van der Waals surface area (Å²) in [5, 5.41) is 11.0. The van der Waals surface area contributed by atoms with Crippen LogP contribution in [0.15, 0.2) is 17.5 Å². The molecule has 0 aromatic carbocycles. The minimum Gasteiger partial charge on any atom is -0.197 e. The highest BCUT2D eigenvalue weighted by atomic mass is 32.1. The van der Waals surface area contributed by atoms with E-state index in [1.54, 1.807) is 11.3 Å². The molecule has 0 radical (unpaired) electrons. The van der Waals surface area contributed by atoms with Crippen LogP contribution < -0.4 is 0 Å². The maximum Gasteiger partial charge on any atom is 0.0943 e. The normalized spacial score (nSPS) is 34.7. The van der Waals surface area contributed by atoms with Gasteiger partial charge in [0.1, 0.15) is 0 Å². The van der Waals surface area contributed by atoms with Crippen LogP contribution in [0.5, 0.6) is 0 Å². The number of nitriles is 1. The van der Waals surface area contributed by atoms with E-state index in [2.05, 4.69) is 19.1 Å². The van der Waals surface area contributed by atoms with Crippen LogP contribution in [0.2, 0.25) is 0 Å².